The van der Waals surface area contributed by atoms with Gasteiger partial charge in [0.1, 0.15) is 5.82 Å². The van der Waals surface area contributed by atoms with E-state index in [-0.39, 0.29) is 5.97 Å². The Morgan fingerprint density at radius 2 is 1.96 bits per heavy atom. The summed E-state index contributed by atoms with van der Waals surface area (Å²) in [7, 11) is 2.09. The fraction of sp³-hybridized carbons (Fsp3) is 0.429. The van der Waals surface area contributed by atoms with Crippen molar-refractivity contribution in [2.24, 2.45) is 0 Å². The first-order valence-electron chi connectivity index (χ1n) is 9.28. The summed E-state index contributed by atoms with van der Waals surface area (Å²) in [6, 6.07) is 8.48. The number of hydrogen-bond donors (Lipinski definition) is 0. The van der Waals surface area contributed by atoms with Gasteiger partial charge in [0.25, 0.3) is 0 Å². The monoisotopic (exact) mass is 353 g/mol. The second kappa shape index (κ2) is 7.77. The maximum atomic E-state index is 11.2. The zero-order valence-corrected chi connectivity index (χ0v) is 16.1. The molecule has 0 aliphatic carbocycles. The fourth-order valence-electron chi connectivity index (χ4n) is 3.38. The van der Waals surface area contributed by atoms with Gasteiger partial charge in [0.15, 0.2) is 0 Å². The number of carbonyl (C=O) groups excluding carboxylic acids is 1. The highest BCUT2D eigenvalue weighted by Gasteiger charge is 2.22. The topological polar surface area (TPSA) is 47.4 Å². The van der Waals surface area contributed by atoms with Crippen molar-refractivity contribution in [3.05, 3.63) is 53.2 Å². The number of aryl methyl sites for hydroxylation is 1. The molecule has 1 aromatic heterocycles. The van der Waals surface area contributed by atoms with Crippen LogP contribution in [0.1, 0.15) is 50.0 Å². The van der Waals surface area contributed by atoms with Gasteiger partial charge in [0, 0.05) is 38.2 Å². The van der Waals surface area contributed by atoms with Crippen molar-refractivity contribution in [2.45, 2.75) is 46.6 Å². The van der Waals surface area contributed by atoms with Crippen LogP contribution in [-0.4, -0.2) is 34.1 Å². The molecule has 138 valence electrons. The third-order valence-corrected chi connectivity index (χ3v) is 4.68. The highest BCUT2D eigenvalue weighted by Crippen LogP contribution is 2.29. The van der Waals surface area contributed by atoms with Gasteiger partial charge in [-0.25, -0.2) is 4.98 Å². The second-order valence-electron chi connectivity index (χ2n) is 6.73. The molecule has 2 aromatic rings. The number of fused-ring (bicyclic) bond motifs is 1. The van der Waals surface area contributed by atoms with Crippen LogP contribution in [0.3, 0.4) is 0 Å². The molecule has 1 aliphatic heterocycles. The van der Waals surface area contributed by atoms with Crippen LogP contribution in [0.25, 0.3) is 11.3 Å². The lowest BCUT2D eigenvalue weighted by Crippen LogP contribution is -2.19. The SMILES string of the molecule is CCC(=O)OCCc1ccc(-n2c(CC)nc3c2CN(C)C=C3C)cc1. The standard InChI is InChI=1S/C21H27N3O2/c1-5-19-22-21-15(3)13-23(4)14-18(21)24(19)17-9-7-16(8-10-17)11-12-26-20(25)6-2/h7-10,13H,5-6,11-12,14H2,1-4H3. The summed E-state index contributed by atoms with van der Waals surface area (Å²) in [5.41, 5.74) is 5.85. The first kappa shape index (κ1) is 18.2. The molecular formula is C21H27N3O2. The zero-order chi connectivity index (χ0) is 18.7. The maximum Gasteiger partial charge on any atom is 0.305 e. The van der Waals surface area contributed by atoms with Gasteiger partial charge < -0.3 is 9.64 Å². The lowest BCUT2D eigenvalue weighted by molar-refractivity contribution is -0.143. The van der Waals surface area contributed by atoms with E-state index in [1.165, 1.54) is 11.3 Å². The Morgan fingerprint density at radius 1 is 1.23 bits per heavy atom. The lowest BCUT2D eigenvalue weighted by Gasteiger charge is -2.23. The van der Waals surface area contributed by atoms with Crippen LogP contribution >= 0.6 is 0 Å². The van der Waals surface area contributed by atoms with Crippen molar-refractivity contribution in [3.63, 3.8) is 0 Å². The summed E-state index contributed by atoms with van der Waals surface area (Å²) in [6.45, 7) is 7.36. The molecule has 0 amide bonds. The van der Waals surface area contributed by atoms with Crippen LogP contribution in [0, 0.1) is 0 Å². The summed E-state index contributed by atoms with van der Waals surface area (Å²) in [6.07, 6.45) is 4.20. The Morgan fingerprint density at radius 3 is 2.62 bits per heavy atom. The Kier molecular flexibility index (Phi) is 5.45. The van der Waals surface area contributed by atoms with Crippen LogP contribution < -0.4 is 0 Å². The van der Waals surface area contributed by atoms with Gasteiger partial charge in [-0.2, -0.15) is 0 Å². The van der Waals surface area contributed by atoms with Crippen LogP contribution in [0.2, 0.25) is 0 Å². The number of ether oxygens (including phenoxy) is 1. The number of carbonyl (C=O) groups is 1. The third-order valence-electron chi connectivity index (χ3n) is 4.68. The molecule has 0 saturated carbocycles. The van der Waals surface area contributed by atoms with Gasteiger partial charge in [0.05, 0.1) is 24.5 Å². The van der Waals surface area contributed by atoms with E-state index in [0.717, 1.165) is 42.2 Å². The molecule has 1 aromatic carbocycles. The Bertz CT molecular complexity index is 819. The molecule has 0 fully saturated rings. The molecule has 0 bridgehead atoms. The Balaban J connectivity index is 1.84. The van der Waals surface area contributed by atoms with Crippen molar-refractivity contribution >= 4 is 11.5 Å². The molecule has 3 rings (SSSR count). The summed E-state index contributed by atoms with van der Waals surface area (Å²) >= 11 is 0. The number of hydrogen-bond acceptors (Lipinski definition) is 4. The third kappa shape index (κ3) is 3.66. The molecule has 5 heteroatoms. The van der Waals surface area contributed by atoms with Gasteiger partial charge in [-0.05, 0) is 30.2 Å². The maximum absolute atomic E-state index is 11.2. The summed E-state index contributed by atoms with van der Waals surface area (Å²) in [5.74, 6) is 0.939. The molecule has 0 spiro atoms. The minimum absolute atomic E-state index is 0.146. The minimum Gasteiger partial charge on any atom is -0.465 e. The van der Waals surface area contributed by atoms with Crippen molar-refractivity contribution in [3.8, 4) is 5.69 Å². The number of nitrogens with zero attached hydrogens (tertiary/aromatic N) is 3. The number of allylic oxidation sites excluding steroid dienone is 1. The lowest BCUT2D eigenvalue weighted by atomic mass is 10.1. The molecule has 26 heavy (non-hydrogen) atoms. The Hall–Kier alpha value is -2.56. The Labute approximate surface area is 155 Å². The van der Waals surface area contributed by atoms with E-state index in [0.29, 0.717) is 13.0 Å². The molecule has 0 unspecified atom stereocenters. The average molecular weight is 353 g/mol. The largest absolute Gasteiger partial charge is 0.465 e. The van der Waals surface area contributed by atoms with Gasteiger partial charge in [-0.3, -0.25) is 9.36 Å². The number of benzene rings is 1. The van der Waals surface area contributed by atoms with Gasteiger partial charge in [0.2, 0.25) is 0 Å². The highest BCUT2D eigenvalue weighted by molar-refractivity contribution is 5.68. The molecular weight excluding hydrogens is 326 g/mol. The summed E-state index contributed by atoms with van der Waals surface area (Å²) in [4.78, 5) is 18.3. The molecule has 0 radical (unpaired) electrons. The number of esters is 1. The van der Waals surface area contributed by atoms with E-state index >= 15 is 0 Å². The fourth-order valence-corrected chi connectivity index (χ4v) is 3.38. The average Bonchev–Trinajstić information content (AvgIpc) is 3.01. The number of aromatic nitrogens is 2. The number of imidazole rings is 1. The summed E-state index contributed by atoms with van der Waals surface area (Å²) in [5, 5.41) is 0. The molecule has 2 heterocycles. The highest BCUT2D eigenvalue weighted by atomic mass is 16.5. The van der Waals surface area contributed by atoms with Gasteiger partial charge in [-0.15, -0.1) is 0 Å². The molecule has 0 atom stereocenters. The number of rotatable bonds is 6. The van der Waals surface area contributed by atoms with E-state index in [1.54, 1.807) is 0 Å². The van der Waals surface area contributed by atoms with E-state index in [4.69, 9.17) is 9.72 Å². The van der Waals surface area contributed by atoms with Crippen LogP contribution in [0.4, 0.5) is 0 Å². The predicted octanol–water partition coefficient (Wildman–Crippen LogP) is 3.74. The van der Waals surface area contributed by atoms with E-state index in [2.05, 4.69) is 60.8 Å². The normalized spacial score (nSPS) is 13.4. The molecule has 1 aliphatic rings. The van der Waals surface area contributed by atoms with Crippen molar-refractivity contribution < 1.29 is 9.53 Å². The van der Waals surface area contributed by atoms with Crippen molar-refractivity contribution in [2.75, 3.05) is 13.7 Å². The summed E-state index contributed by atoms with van der Waals surface area (Å²) < 4.78 is 7.45. The molecule has 0 saturated heterocycles. The van der Waals surface area contributed by atoms with E-state index < -0.39 is 0 Å². The first-order valence-corrected chi connectivity index (χ1v) is 9.28. The quantitative estimate of drug-likeness (QED) is 0.742. The van der Waals surface area contributed by atoms with Crippen LogP contribution in [0.5, 0.6) is 0 Å². The van der Waals surface area contributed by atoms with Crippen LogP contribution in [0.15, 0.2) is 30.5 Å². The van der Waals surface area contributed by atoms with Crippen LogP contribution in [-0.2, 0) is 28.9 Å². The van der Waals surface area contributed by atoms with Crippen molar-refractivity contribution in [1.29, 1.82) is 0 Å². The molecule has 5 nitrogen and oxygen atoms in total. The van der Waals surface area contributed by atoms with Gasteiger partial charge >= 0.3 is 5.97 Å². The zero-order valence-electron chi connectivity index (χ0n) is 16.1. The van der Waals surface area contributed by atoms with E-state index in [9.17, 15) is 4.79 Å². The minimum atomic E-state index is -0.146. The van der Waals surface area contributed by atoms with Crippen molar-refractivity contribution in [1.82, 2.24) is 14.5 Å². The molecule has 0 N–H and O–H groups in total. The van der Waals surface area contributed by atoms with Gasteiger partial charge in [-0.1, -0.05) is 26.0 Å². The predicted molar refractivity (Wildman–Crippen MR) is 103 cm³/mol. The van der Waals surface area contributed by atoms with E-state index in [1.807, 2.05) is 6.92 Å². The smallest absolute Gasteiger partial charge is 0.305 e. The first-order chi connectivity index (χ1) is 12.5. The second-order valence-corrected chi connectivity index (χ2v) is 6.73.